The lowest BCUT2D eigenvalue weighted by Gasteiger charge is -2.31. The van der Waals surface area contributed by atoms with E-state index in [0.717, 1.165) is 0 Å². The summed E-state index contributed by atoms with van der Waals surface area (Å²) in [6.45, 7) is -0.755. The van der Waals surface area contributed by atoms with Crippen LogP contribution < -0.4 is 4.72 Å². The minimum atomic E-state index is -6.77. The van der Waals surface area contributed by atoms with Gasteiger partial charge in [0.2, 0.25) is 10.9 Å². The molecule has 0 aliphatic carbocycles. The minimum absolute atomic E-state index is 0.110. The number of rotatable bonds is 5. The second-order valence-electron chi connectivity index (χ2n) is 3.42. The predicted molar refractivity (Wildman–Crippen MR) is 52.0 cm³/mol. The van der Waals surface area contributed by atoms with Gasteiger partial charge < -0.3 is 5.11 Å². The number of nitrogens with one attached hydrogen (secondary N) is 1. The van der Waals surface area contributed by atoms with Crippen LogP contribution in [-0.4, -0.2) is 50.6 Å². The summed E-state index contributed by atoms with van der Waals surface area (Å²) >= 11 is 0. The summed E-state index contributed by atoms with van der Waals surface area (Å²) in [5, 5.41) is 7.99. The quantitative estimate of drug-likeness (QED) is 0.516. The van der Waals surface area contributed by atoms with Gasteiger partial charge in [-0.3, -0.25) is 0 Å². The molecule has 0 fully saturated rings. The summed E-state index contributed by atoms with van der Waals surface area (Å²) < 4.78 is 126. The molecule has 0 aliphatic rings. The summed E-state index contributed by atoms with van der Waals surface area (Å²) in [4.78, 5) is 0. The molecule has 0 amide bonds. The highest BCUT2D eigenvalue weighted by atomic mass is 32.2. The highest BCUT2D eigenvalue weighted by Gasteiger charge is 2.80. The van der Waals surface area contributed by atoms with E-state index in [4.69, 9.17) is 5.11 Å². The number of halogens is 9. The van der Waals surface area contributed by atoms with E-state index < -0.39 is 41.8 Å². The van der Waals surface area contributed by atoms with Crippen LogP contribution in [0.1, 0.15) is 6.92 Å². The third-order valence-electron chi connectivity index (χ3n) is 1.65. The zero-order valence-electron chi connectivity index (χ0n) is 10.0. The molecule has 0 aromatic heterocycles. The Morgan fingerprint density at radius 2 is 1.29 bits per heavy atom. The van der Waals surface area contributed by atoms with Gasteiger partial charge in [-0.05, 0) is 0 Å². The van der Waals surface area contributed by atoms with E-state index in [0.29, 0.717) is 0 Å². The SMILES string of the molecule is CC(F)(F)C(F)(F)C(F)(F)C(F)(F)F.O=[SH](=O)NCCO. The van der Waals surface area contributed by atoms with Crippen molar-refractivity contribution in [3.8, 4) is 0 Å². The van der Waals surface area contributed by atoms with E-state index in [1.165, 1.54) is 0 Å². The molecule has 0 aromatic rings. The molecule has 0 heterocycles. The van der Waals surface area contributed by atoms with Crippen molar-refractivity contribution in [1.29, 1.82) is 0 Å². The number of aliphatic hydroxyl groups excluding tert-OH is 1. The maximum atomic E-state index is 12.0. The molecular formula is C7H10F9NO3S. The van der Waals surface area contributed by atoms with Gasteiger partial charge in [0.05, 0.1) is 6.61 Å². The average Bonchev–Trinajstić information content (AvgIpc) is 2.23. The molecule has 0 spiro atoms. The Morgan fingerprint density at radius 3 is 1.38 bits per heavy atom. The zero-order valence-corrected chi connectivity index (χ0v) is 10.9. The van der Waals surface area contributed by atoms with E-state index in [1.807, 2.05) is 4.72 Å². The molecule has 0 atom stereocenters. The molecule has 0 aliphatic heterocycles. The van der Waals surface area contributed by atoms with Crippen LogP contribution in [0.2, 0.25) is 0 Å². The lowest BCUT2D eigenvalue weighted by Crippen LogP contribution is -2.59. The summed E-state index contributed by atoms with van der Waals surface area (Å²) in [6.07, 6.45) is -6.73. The van der Waals surface area contributed by atoms with Gasteiger partial charge in [0.1, 0.15) is 0 Å². The molecular weight excluding hydrogens is 349 g/mol. The van der Waals surface area contributed by atoms with E-state index in [9.17, 15) is 47.9 Å². The zero-order chi connectivity index (χ0) is 17.7. The van der Waals surface area contributed by atoms with Crippen LogP contribution in [0.4, 0.5) is 39.5 Å². The van der Waals surface area contributed by atoms with Crippen molar-refractivity contribution in [1.82, 2.24) is 4.72 Å². The fourth-order valence-electron chi connectivity index (χ4n) is 0.595. The average molecular weight is 359 g/mol. The molecule has 0 unspecified atom stereocenters. The summed E-state index contributed by atoms with van der Waals surface area (Å²) in [5.74, 6) is -18.7. The van der Waals surface area contributed by atoms with Crippen LogP contribution in [0.15, 0.2) is 0 Å². The van der Waals surface area contributed by atoms with E-state index >= 15 is 0 Å². The number of thiol groups is 1. The van der Waals surface area contributed by atoms with Gasteiger partial charge in [-0.25, -0.2) is 13.1 Å². The standard InChI is InChI=1S/C5H3F9.C2H7NO3S/c1-2(6,7)3(8,9)4(10,11)5(12,13)14;4-2-1-3-7(5)6/h1H3;4,7H,1-2H2,(H,3,5,6). The molecule has 0 saturated carbocycles. The third kappa shape index (κ3) is 6.25. The highest BCUT2D eigenvalue weighted by molar-refractivity contribution is 7.70. The van der Waals surface area contributed by atoms with Crippen molar-refractivity contribution >= 4 is 10.9 Å². The highest BCUT2D eigenvalue weighted by Crippen LogP contribution is 2.52. The van der Waals surface area contributed by atoms with E-state index in [1.54, 1.807) is 0 Å². The van der Waals surface area contributed by atoms with Gasteiger partial charge in [-0.15, -0.1) is 0 Å². The Balaban J connectivity index is 0. The number of hydrogen-bond donors (Lipinski definition) is 3. The Bertz CT molecular complexity index is 356. The van der Waals surface area contributed by atoms with Crippen molar-refractivity contribution in [3.05, 3.63) is 0 Å². The van der Waals surface area contributed by atoms with Crippen LogP contribution in [-0.2, 0) is 10.9 Å². The number of aliphatic hydroxyl groups is 1. The van der Waals surface area contributed by atoms with Gasteiger partial charge in [0, 0.05) is 13.5 Å². The fourth-order valence-corrected chi connectivity index (χ4v) is 0.878. The van der Waals surface area contributed by atoms with Crippen molar-refractivity contribution in [2.75, 3.05) is 13.2 Å². The van der Waals surface area contributed by atoms with E-state index in [-0.39, 0.29) is 13.2 Å². The van der Waals surface area contributed by atoms with Crippen molar-refractivity contribution in [2.24, 2.45) is 0 Å². The van der Waals surface area contributed by atoms with Gasteiger partial charge >= 0.3 is 23.9 Å². The monoisotopic (exact) mass is 359 g/mol. The summed E-state index contributed by atoms with van der Waals surface area (Å²) in [6, 6.07) is 0. The Morgan fingerprint density at radius 1 is 0.905 bits per heavy atom. The smallest absolute Gasteiger partial charge is 0.395 e. The first kappa shape index (κ1) is 22.5. The van der Waals surface area contributed by atoms with Crippen LogP contribution in [0, 0.1) is 0 Å². The van der Waals surface area contributed by atoms with Gasteiger partial charge in [0.15, 0.2) is 0 Å². The largest absolute Gasteiger partial charge is 0.460 e. The van der Waals surface area contributed by atoms with Crippen LogP contribution in [0.3, 0.4) is 0 Å². The second kappa shape index (κ2) is 7.49. The minimum Gasteiger partial charge on any atom is -0.395 e. The second-order valence-corrected chi connectivity index (χ2v) is 4.25. The molecule has 14 heteroatoms. The molecule has 0 saturated heterocycles. The lowest BCUT2D eigenvalue weighted by atomic mass is 10.1. The first-order chi connectivity index (χ1) is 9.02. The maximum absolute atomic E-state index is 12.0. The normalized spacial score (nSPS) is 13.9. The van der Waals surface area contributed by atoms with Gasteiger partial charge in [-0.2, -0.15) is 39.5 Å². The van der Waals surface area contributed by atoms with Crippen molar-refractivity contribution in [3.63, 3.8) is 0 Å². The summed E-state index contributed by atoms with van der Waals surface area (Å²) in [7, 11) is -2.52. The molecule has 2 N–H and O–H groups in total. The molecule has 0 aromatic carbocycles. The molecule has 0 rings (SSSR count). The first-order valence-electron chi connectivity index (χ1n) is 4.71. The van der Waals surface area contributed by atoms with Crippen molar-refractivity contribution in [2.45, 2.75) is 30.9 Å². The molecule has 0 bridgehead atoms. The Kier molecular flexibility index (Phi) is 8.03. The molecule has 130 valence electrons. The van der Waals surface area contributed by atoms with Gasteiger partial charge in [-0.1, -0.05) is 0 Å². The van der Waals surface area contributed by atoms with Crippen LogP contribution in [0.5, 0.6) is 0 Å². The van der Waals surface area contributed by atoms with E-state index in [2.05, 4.69) is 0 Å². The topological polar surface area (TPSA) is 66.4 Å². The number of alkyl halides is 9. The lowest BCUT2D eigenvalue weighted by molar-refractivity contribution is -0.393. The van der Waals surface area contributed by atoms with Crippen LogP contribution in [0.25, 0.3) is 0 Å². The fraction of sp³-hybridized carbons (Fsp3) is 1.00. The Hall–Kier alpha value is -0.760. The summed E-state index contributed by atoms with van der Waals surface area (Å²) in [5.41, 5.74) is 0. The van der Waals surface area contributed by atoms with Gasteiger partial charge in [0.25, 0.3) is 0 Å². The third-order valence-corrected chi connectivity index (χ3v) is 2.14. The maximum Gasteiger partial charge on any atom is 0.460 e. The van der Waals surface area contributed by atoms with Crippen molar-refractivity contribution < 1.29 is 53.0 Å². The predicted octanol–water partition coefficient (Wildman–Crippen LogP) is 1.57. The van der Waals surface area contributed by atoms with Crippen LogP contribution >= 0.6 is 0 Å². The molecule has 21 heavy (non-hydrogen) atoms. The first-order valence-corrected chi connectivity index (χ1v) is 5.89. The molecule has 0 radical (unpaired) electrons. The Labute approximate surface area is 114 Å². The number of hydrogen-bond acceptors (Lipinski definition) is 3. The molecule has 4 nitrogen and oxygen atoms in total.